The summed E-state index contributed by atoms with van der Waals surface area (Å²) >= 11 is 0. The van der Waals surface area contributed by atoms with E-state index in [2.05, 4.69) is 10.6 Å². The van der Waals surface area contributed by atoms with Crippen molar-refractivity contribution in [2.75, 3.05) is 19.7 Å². The van der Waals surface area contributed by atoms with Gasteiger partial charge in [-0.1, -0.05) is 0 Å². The van der Waals surface area contributed by atoms with Gasteiger partial charge in [-0.15, -0.1) is 0 Å². The van der Waals surface area contributed by atoms with Crippen LogP contribution in [0.3, 0.4) is 0 Å². The van der Waals surface area contributed by atoms with Crippen molar-refractivity contribution in [2.45, 2.75) is 58.8 Å². The van der Waals surface area contributed by atoms with Crippen molar-refractivity contribution < 1.29 is 14.6 Å². The monoisotopic (exact) mass is 260 g/mol. The molecular formula is C13H28N2O3. The number of amides is 1. The molecule has 0 saturated heterocycles. The van der Waals surface area contributed by atoms with Crippen molar-refractivity contribution in [3.05, 3.63) is 0 Å². The summed E-state index contributed by atoms with van der Waals surface area (Å²) in [5, 5.41) is 15.5. The van der Waals surface area contributed by atoms with Crippen molar-refractivity contribution in [3.8, 4) is 0 Å². The van der Waals surface area contributed by atoms with Gasteiger partial charge in [0.25, 0.3) is 0 Å². The van der Waals surface area contributed by atoms with Gasteiger partial charge in [0.2, 0.25) is 5.91 Å². The minimum absolute atomic E-state index is 0.0259. The summed E-state index contributed by atoms with van der Waals surface area (Å²) in [4.78, 5) is 11.3. The van der Waals surface area contributed by atoms with Crippen LogP contribution in [0.15, 0.2) is 0 Å². The third-order valence-corrected chi connectivity index (χ3v) is 2.07. The Hall–Kier alpha value is -0.650. The number of carbonyl (C=O) groups excluding carboxylic acids is 1. The van der Waals surface area contributed by atoms with E-state index in [9.17, 15) is 9.90 Å². The Morgan fingerprint density at radius 1 is 1.33 bits per heavy atom. The Morgan fingerprint density at radius 3 is 2.44 bits per heavy atom. The second-order valence-corrected chi connectivity index (χ2v) is 5.75. The molecule has 18 heavy (non-hydrogen) atoms. The van der Waals surface area contributed by atoms with E-state index in [0.29, 0.717) is 26.1 Å². The molecule has 1 amide bonds. The summed E-state index contributed by atoms with van der Waals surface area (Å²) in [7, 11) is 0. The van der Waals surface area contributed by atoms with Crippen molar-refractivity contribution in [3.63, 3.8) is 0 Å². The second kappa shape index (κ2) is 8.45. The van der Waals surface area contributed by atoms with E-state index < -0.39 is 6.10 Å². The highest BCUT2D eigenvalue weighted by Crippen LogP contribution is 2.06. The first-order valence-corrected chi connectivity index (χ1v) is 6.53. The molecule has 0 aromatic carbocycles. The van der Waals surface area contributed by atoms with E-state index in [1.165, 1.54) is 0 Å². The van der Waals surface area contributed by atoms with Crippen LogP contribution in [0.25, 0.3) is 0 Å². The lowest BCUT2D eigenvalue weighted by Gasteiger charge is -2.22. The molecule has 0 aliphatic rings. The van der Waals surface area contributed by atoms with Gasteiger partial charge in [-0.25, -0.2) is 0 Å². The van der Waals surface area contributed by atoms with Crippen LogP contribution < -0.4 is 10.6 Å². The maximum atomic E-state index is 11.3. The molecule has 5 nitrogen and oxygen atoms in total. The Bertz CT molecular complexity index is 237. The first kappa shape index (κ1) is 17.4. The molecule has 0 aliphatic carbocycles. The molecule has 0 aliphatic heterocycles. The fraction of sp³-hybridized carbons (Fsp3) is 0.923. The van der Waals surface area contributed by atoms with Gasteiger partial charge in [-0.3, -0.25) is 4.79 Å². The van der Waals surface area contributed by atoms with Crippen LogP contribution in [-0.4, -0.2) is 48.5 Å². The van der Waals surface area contributed by atoms with Crippen molar-refractivity contribution in [2.24, 2.45) is 0 Å². The lowest BCUT2D eigenvalue weighted by molar-refractivity contribution is -0.121. The standard InChI is InChI=1S/C13H28N2O3/c1-10(2)15-12(17)6-7-14-8-11(16)9-18-13(3,4)5/h10-11,14,16H,6-9H2,1-5H3,(H,15,17). The minimum Gasteiger partial charge on any atom is -0.389 e. The van der Waals surface area contributed by atoms with Crippen LogP contribution in [0.4, 0.5) is 0 Å². The average molecular weight is 260 g/mol. The largest absolute Gasteiger partial charge is 0.389 e. The van der Waals surface area contributed by atoms with Crippen LogP contribution in [-0.2, 0) is 9.53 Å². The molecule has 1 atom stereocenters. The number of aliphatic hydroxyl groups excluding tert-OH is 1. The maximum Gasteiger partial charge on any atom is 0.221 e. The molecule has 0 spiro atoms. The van der Waals surface area contributed by atoms with Crippen molar-refractivity contribution in [1.82, 2.24) is 10.6 Å². The third kappa shape index (κ3) is 11.8. The predicted molar refractivity (Wildman–Crippen MR) is 72.5 cm³/mol. The van der Waals surface area contributed by atoms with Gasteiger partial charge in [-0.05, 0) is 34.6 Å². The number of hydrogen-bond donors (Lipinski definition) is 3. The number of nitrogens with one attached hydrogen (secondary N) is 2. The number of rotatable bonds is 8. The van der Waals surface area contributed by atoms with Gasteiger partial charge < -0.3 is 20.5 Å². The molecule has 0 bridgehead atoms. The van der Waals surface area contributed by atoms with Crippen LogP contribution in [0.2, 0.25) is 0 Å². The van der Waals surface area contributed by atoms with Crippen molar-refractivity contribution in [1.29, 1.82) is 0 Å². The molecule has 108 valence electrons. The van der Waals surface area contributed by atoms with Crippen LogP contribution in [0, 0.1) is 0 Å². The first-order valence-electron chi connectivity index (χ1n) is 6.53. The Balaban J connectivity index is 3.51. The quantitative estimate of drug-likeness (QED) is 0.561. The third-order valence-electron chi connectivity index (χ3n) is 2.07. The van der Waals surface area contributed by atoms with Gasteiger partial charge in [0.05, 0.1) is 18.3 Å². The van der Waals surface area contributed by atoms with Gasteiger partial charge in [0, 0.05) is 25.6 Å². The minimum atomic E-state index is -0.544. The highest BCUT2D eigenvalue weighted by Gasteiger charge is 2.13. The van der Waals surface area contributed by atoms with E-state index in [-0.39, 0.29) is 17.6 Å². The molecule has 3 N–H and O–H groups in total. The molecule has 0 heterocycles. The number of carbonyl (C=O) groups is 1. The lowest BCUT2D eigenvalue weighted by atomic mass is 10.2. The fourth-order valence-electron chi connectivity index (χ4n) is 1.27. The Labute approximate surface area is 110 Å². The second-order valence-electron chi connectivity index (χ2n) is 5.75. The Morgan fingerprint density at radius 2 is 1.94 bits per heavy atom. The zero-order valence-corrected chi connectivity index (χ0v) is 12.2. The zero-order valence-electron chi connectivity index (χ0n) is 12.2. The Kier molecular flexibility index (Phi) is 8.15. The molecular weight excluding hydrogens is 232 g/mol. The molecule has 0 aromatic rings. The molecule has 0 saturated carbocycles. The summed E-state index contributed by atoms with van der Waals surface area (Å²) in [5.74, 6) is 0.0259. The van der Waals surface area contributed by atoms with Gasteiger partial charge in [0.15, 0.2) is 0 Å². The highest BCUT2D eigenvalue weighted by atomic mass is 16.5. The summed E-state index contributed by atoms with van der Waals surface area (Å²) in [5.41, 5.74) is -0.238. The molecule has 5 heteroatoms. The van der Waals surface area contributed by atoms with E-state index in [4.69, 9.17) is 4.74 Å². The smallest absolute Gasteiger partial charge is 0.221 e. The summed E-state index contributed by atoms with van der Waals surface area (Å²) in [6, 6.07) is 0.170. The average Bonchev–Trinajstić information content (AvgIpc) is 2.19. The van der Waals surface area contributed by atoms with E-state index in [0.717, 1.165) is 0 Å². The zero-order chi connectivity index (χ0) is 14.2. The molecule has 0 aromatic heterocycles. The predicted octanol–water partition coefficient (Wildman–Crippen LogP) is 0.667. The van der Waals surface area contributed by atoms with Crippen LogP contribution >= 0.6 is 0 Å². The number of aliphatic hydroxyl groups is 1. The molecule has 0 radical (unpaired) electrons. The van der Waals surface area contributed by atoms with E-state index >= 15 is 0 Å². The normalized spacial score (nSPS) is 13.7. The van der Waals surface area contributed by atoms with Gasteiger partial charge >= 0.3 is 0 Å². The topological polar surface area (TPSA) is 70.6 Å². The first-order chi connectivity index (χ1) is 8.20. The van der Waals surface area contributed by atoms with Gasteiger partial charge in [0.1, 0.15) is 0 Å². The van der Waals surface area contributed by atoms with E-state index in [1.807, 2.05) is 34.6 Å². The maximum absolute atomic E-state index is 11.3. The molecule has 0 fully saturated rings. The van der Waals surface area contributed by atoms with Crippen molar-refractivity contribution >= 4 is 5.91 Å². The van der Waals surface area contributed by atoms with Gasteiger partial charge in [-0.2, -0.15) is 0 Å². The fourth-order valence-corrected chi connectivity index (χ4v) is 1.27. The van der Waals surface area contributed by atoms with Crippen LogP contribution in [0.1, 0.15) is 41.0 Å². The SMILES string of the molecule is CC(C)NC(=O)CCNCC(O)COC(C)(C)C. The summed E-state index contributed by atoms with van der Waals surface area (Å²) in [6.45, 7) is 11.0. The summed E-state index contributed by atoms with van der Waals surface area (Å²) in [6.07, 6.45) is -0.122. The van der Waals surface area contributed by atoms with E-state index in [1.54, 1.807) is 0 Å². The van der Waals surface area contributed by atoms with Crippen LogP contribution in [0.5, 0.6) is 0 Å². The molecule has 0 rings (SSSR count). The lowest BCUT2D eigenvalue weighted by Crippen LogP contribution is -2.36. The molecule has 1 unspecified atom stereocenters. The number of ether oxygens (including phenoxy) is 1. The number of hydrogen-bond acceptors (Lipinski definition) is 4. The summed E-state index contributed by atoms with van der Waals surface area (Å²) < 4.78 is 5.45. The highest BCUT2D eigenvalue weighted by molar-refractivity contribution is 5.76.